The van der Waals surface area contributed by atoms with Gasteiger partial charge in [-0.2, -0.15) is 0 Å². The second-order valence-electron chi connectivity index (χ2n) is 5.54. The van der Waals surface area contributed by atoms with E-state index in [0.717, 1.165) is 23.7 Å². The highest BCUT2D eigenvalue weighted by molar-refractivity contribution is 6.10. The number of hydrogen-bond donors (Lipinski definition) is 0. The van der Waals surface area contributed by atoms with E-state index >= 15 is 0 Å². The van der Waals surface area contributed by atoms with Gasteiger partial charge in [0.1, 0.15) is 0 Å². The van der Waals surface area contributed by atoms with Crippen molar-refractivity contribution in [3.63, 3.8) is 0 Å². The van der Waals surface area contributed by atoms with Crippen molar-refractivity contribution in [3.05, 3.63) is 36.0 Å². The number of carbonyl (C=O) groups is 2. The van der Waals surface area contributed by atoms with Crippen molar-refractivity contribution < 1.29 is 9.59 Å². The van der Waals surface area contributed by atoms with E-state index in [0.29, 0.717) is 12.0 Å². The maximum atomic E-state index is 12.4. The Bertz CT molecular complexity index is 640. The minimum Gasteiger partial charge on any atom is -0.294 e. The average molecular weight is 285 g/mol. The van der Waals surface area contributed by atoms with E-state index in [1.165, 1.54) is 26.2 Å². The zero-order chi connectivity index (χ0) is 15.2. The molecule has 0 saturated carbocycles. The molecule has 1 heterocycles. The molecule has 1 aromatic carbocycles. The van der Waals surface area contributed by atoms with Crippen LogP contribution in [0.3, 0.4) is 0 Å². The Morgan fingerprint density at radius 3 is 2.48 bits per heavy atom. The summed E-state index contributed by atoms with van der Waals surface area (Å²) in [5.74, 6) is 0.0795. The summed E-state index contributed by atoms with van der Waals surface area (Å²) in [4.78, 5) is 24.1. The predicted molar refractivity (Wildman–Crippen MR) is 85.9 cm³/mol. The van der Waals surface area contributed by atoms with Gasteiger partial charge in [-0.05, 0) is 12.5 Å². The number of ketones is 1. The lowest BCUT2D eigenvalue weighted by atomic mass is 10.0. The molecule has 0 N–H and O–H groups in total. The molecule has 0 atom stereocenters. The van der Waals surface area contributed by atoms with Crippen molar-refractivity contribution in [3.8, 4) is 0 Å². The molecule has 2 aromatic rings. The molecular weight excluding hydrogens is 262 g/mol. The van der Waals surface area contributed by atoms with Gasteiger partial charge in [0.15, 0.2) is 5.78 Å². The molecule has 1 aromatic heterocycles. The van der Waals surface area contributed by atoms with Gasteiger partial charge in [0.05, 0.1) is 5.52 Å². The predicted octanol–water partition coefficient (Wildman–Crippen LogP) is 4.84. The SMILES string of the molecule is CCCCCCCC(=O)c1cn(C(C)=O)c2ccccc12. The summed E-state index contributed by atoms with van der Waals surface area (Å²) >= 11 is 0. The second-order valence-corrected chi connectivity index (χ2v) is 5.54. The number of hydrogen-bond acceptors (Lipinski definition) is 2. The number of nitrogens with zero attached hydrogens (tertiary/aromatic N) is 1. The van der Waals surface area contributed by atoms with Gasteiger partial charge >= 0.3 is 0 Å². The van der Waals surface area contributed by atoms with Crippen molar-refractivity contribution in [1.29, 1.82) is 0 Å². The topological polar surface area (TPSA) is 39.1 Å². The molecule has 0 unspecified atom stereocenters. The summed E-state index contributed by atoms with van der Waals surface area (Å²) in [7, 11) is 0. The molecule has 3 nitrogen and oxygen atoms in total. The molecule has 0 aliphatic rings. The van der Waals surface area contributed by atoms with Gasteiger partial charge in [-0.15, -0.1) is 0 Å². The quantitative estimate of drug-likeness (QED) is 0.539. The zero-order valence-corrected chi connectivity index (χ0v) is 12.9. The Kier molecular flexibility index (Phi) is 5.32. The van der Waals surface area contributed by atoms with Crippen LogP contribution >= 0.6 is 0 Å². The molecule has 0 bridgehead atoms. The minimum atomic E-state index is -0.0619. The Balaban J connectivity index is 2.14. The van der Waals surface area contributed by atoms with Gasteiger partial charge < -0.3 is 0 Å². The molecular formula is C18H23NO2. The van der Waals surface area contributed by atoms with Crippen LogP contribution in [0.5, 0.6) is 0 Å². The lowest BCUT2D eigenvalue weighted by molar-refractivity contribution is 0.0941. The summed E-state index contributed by atoms with van der Waals surface area (Å²) < 4.78 is 1.57. The molecule has 0 saturated heterocycles. The van der Waals surface area contributed by atoms with E-state index in [-0.39, 0.29) is 11.7 Å². The number of unbranched alkanes of at least 4 members (excludes halogenated alkanes) is 4. The standard InChI is InChI=1S/C18H23NO2/c1-3-4-5-6-7-12-18(21)16-13-19(14(2)20)17-11-9-8-10-15(16)17/h8-11,13H,3-7,12H2,1-2H3. The van der Waals surface area contributed by atoms with Crippen molar-refractivity contribution in [2.75, 3.05) is 0 Å². The maximum absolute atomic E-state index is 12.4. The van der Waals surface area contributed by atoms with E-state index in [2.05, 4.69) is 6.92 Å². The molecule has 21 heavy (non-hydrogen) atoms. The first kappa shape index (κ1) is 15.5. The summed E-state index contributed by atoms with van der Waals surface area (Å²) in [5, 5.41) is 0.881. The molecule has 3 heteroatoms. The van der Waals surface area contributed by atoms with E-state index in [9.17, 15) is 9.59 Å². The number of rotatable bonds is 7. The number of aromatic nitrogens is 1. The third-order valence-corrected chi connectivity index (χ3v) is 3.86. The maximum Gasteiger partial charge on any atom is 0.227 e. The van der Waals surface area contributed by atoms with E-state index in [4.69, 9.17) is 0 Å². The van der Waals surface area contributed by atoms with Crippen LogP contribution in [0.2, 0.25) is 0 Å². The zero-order valence-electron chi connectivity index (χ0n) is 12.9. The second kappa shape index (κ2) is 7.21. The number of carbonyl (C=O) groups excluding carboxylic acids is 2. The molecule has 0 amide bonds. The van der Waals surface area contributed by atoms with Crippen molar-refractivity contribution in [2.45, 2.75) is 52.4 Å². The molecule has 2 rings (SSSR count). The van der Waals surface area contributed by atoms with E-state index in [1.54, 1.807) is 10.8 Å². The number of benzene rings is 1. The summed E-state index contributed by atoms with van der Waals surface area (Å²) in [6.45, 7) is 3.70. The van der Waals surface area contributed by atoms with Gasteiger partial charge in [-0.25, -0.2) is 0 Å². The number of fused-ring (bicyclic) bond motifs is 1. The van der Waals surface area contributed by atoms with Crippen LogP contribution in [0.15, 0.2) is 30.5 Å². The largest absolute Gasteiger partial charge is 0.294 e. The fourth-order valence-electron chi connectivity index (χ4n) is 2.69. The van der Waals surface area contributed by atoms with Gasteiger partial charge in [0, 0.05) is 30.5 Å². The molecule has 112 valence electrons. The first-order chi connectivity index (χ1) is 10.1. The minimum absolute atomic E-state index is 0.0619. The average Bonchev–Trinajstić information content (AvgIpc) is 2.87. The lowest BCUT2D eigenvalue weighted by Crippen LogP contribution is -2.03. The molecule has 0 aliphatic carbocycles. The molecule has 0 radical (unpaired) electrons. The van der Waals surface area contributed by atoms with Crippen molar-refractivity contribution >= 4 is 22.6 Å². The lowest BCUT2D eigenvalue weighted by Gasteiger charge is -2.00. The Labute approximate surface area is 126 Å². The van der Waals surface area contributed by atoms with Gasteiger partial charge in [-0.3, -0.25) is 14.2 Å². The highest BCUT2D eigenvalue weighted by Gasteiger charge is 2.15. The molecule has 0 fully saturated rings. The van der Waals surface area contributed by atoms with E-state index < -0.39 is 0 Å². The third kappa shape index (κ3) is 3.60. The normalized spacial score (nSPS) is 11.0. The monoisotopic (exact) mass is 285 g/mol. The Morgan fingerprint density at radius 1 is 1.05 bits per heavy atom. The van der Waals surface area contributed by atoms with Crippen molar-refractivity contribution in [1.82, 2.24) is 4.57 Å². The summed E-state index contributed by atoms with van der Waals surface area (Å²) in [6, 6.07) is 7.60. The highest BCUT2D eigenvalue weighted by Crippen LogP contribution is 2.23. The van der Waals surface area contributed by atoms with Crippen LogP contribution in [0.25, 0.3) is 10.9 Å². The smallest absolute Gasteiger partial charge is 0.227 e. The number of para-hydroxylation sites is 1. The highest BCUT2D eigenvalue weighted by atomic mass is 16.2. The van der Waals surface area contributed by atoms with Crippen LogP contribution in [0.4, 0.5) is 0 Å². The van der Waals surface area contributed by atoms with Crippen LogP contribution < -0.4 is 0 Å². The molecule has 0 spiro atoms. The fourth-order valence-corrected chi connectivity index (χ4v) is 2.69. The van der Waals surface area contributed by atoms with E-state index in [1.807, 2.05) is 24.3 Å². The number of Topliss-reactive ketones (excluding diaryl/α,β-unsaturated/α-hetero) is 1. The third-order valence-electron chi connectivity index (χ3n) is 3.86. The van der Waals surface area contributed by atoms with Crippen LogP contribution in [0.1, 0.15) is 67.5 Å². The van der Waals surface area contributed by atoms with Crippen LogP contribution in [-0.2, 0) is 0 Å². The first-order valence-corrected chi connectivity index (χ1v) is 7.79. The van der Waals surface area contributed by atoms with Gasteiger partial charge in [0.25, 0.3) is 0 Å². The first-order valence-electron chi connectivity index (χ1n) is 7.79. The molecule has 0 aliphatic heterocycles. The van der Waals surface area contributed by atoms with Gasteiger partial charge in [0.2, 0.25) is 5.91 Å². The van der Waals surface area contributed by atoms with Crippen molar-refractivity contribution in [2.24, 2.45) is 0 Å². The Morgan fingerprint density at radius 2 is 1.76 bits per heavy atom. The summed E-state index contributed by atoms with van der Waals surface area (Å²) in [5.41, 5.74) is 1.50. The van der Waals surface area contributed by atoms with Crippen LogP contribution in [0, 0.1) is 0 Å². The fraction of sp³-hybridized carbons (Fsp3) is 0.444. The van der Waals surface area contributed by atoms with Crippen LogP contribution in [-0.4, -0.2) is 16.3 Å². The summed E-state index contributed by atoms with van der Waals surface area (Å²) in [6.07, 6.45) is 7.93. The Hall–Kier alpha value is -1.90. The van der Waals surface area contributed by atoms with Gasteiger partial charge in [-0.1, -0.05) is 50.8 Å².